The number of rotatable bonds is 5. The number of hydrogen-bond donors (Lipinski definition) is 0. The summed E-state index contributed by atoms with van der Waals surface area (Å²) < 4.78 is 0. The SMILES string of the molecule is CCC(CC)C(=O)CC12CC3CC(CC(C3)C1)C2. The Bertz CT molecular complexity index is 291. The van der Waals surface area contributed by atoms with Crippen LogP contribution in [0.15, 0.2) is 0 Å². The van der Waals surface area contributed by atoms with Crippen LogP contribution in [0.1, 0.15) is 71.6 Å². The van der Waals surface area contributed by atoms with E-state index in [2.05, 4.69) is 13.8 Å². The molecule has 4 bridgehead atoms. The van der Waals surface area contributed by atoms with Gasteiger partial charge in [0.25, 0.3) is 0 Å². The van der Waals surface area contributed by atoms with Crippen molar-refractivity contribution in [2.45, 2.75) is 71.6 Å². The smallest absolute Gasteiger partial charge is 0.136 e. The van der Waals surface area contributed by atoms with Gasteiger partial charge in [-0.2, -0.15) is 0 Å². The summed E-state index contributed by atoms with van der Waals surface area (Å²) in [5.74, 6) is 3.86. The number of carbonyl (C=O) groups is 1. The normalized spacial score (nSPS) is 41.6. The lowest BCUT2D eigenvalue weighted by atomic mass is 9.48. The first-order valence-corrected chi connectivity index (χ1v) is 8.17. The fraction of sp³-hybridized carbons (Fsp3) is 0.941. The number of hydrogen-bond acceptors (Lipinski definition) is 1. The Balaban J connectivity index is 1.70. The third kappa shape index (κ3) is 2.14. The Kier molecular flexibility index (Phi) is 3.28. The first kappa shape index (κ1) is 12.7. The van der Waals surface area contributed by atoms with Crippen molar-refractivity contribution in [3.8, 4) is 0 Å². The number of ketones is 1. The van der Waals surface area contributed by atoms with E-state index < -0.39 is 0 Å². The fourth-order valence-electron chi connectivity index (χ4n) is 5.76. The summed E-state index contributed by atoms with van der Waals surface area (Å²) in [6.45, 7) is 4.34. The van der Waals surface area contributed by atoms with Crippen LogP contribution in [0.5, 0.6) is 0 Å². The molecule has 0 aromatic carbocycles. The van der Waals surface area contributed by atoms with Crippen molar-refractivity contribution in [2.75, 3.05) is 0 Å². The highest BCUT2D eigenvalue weighted by atomic mass is 16.1. The summed E-state index contributed by atoms with van der Waals surface area (Å²) in [6, 6.07) is 0. The Morgan fingerprint density at radius 1 is 1.00 bits per heavy atom. The van der Waals surface area contributed by atoms with E-state index in [0.29, 0.717) is 17.1 Å². The zero-order chi connectivity index (χ0) is 12.8. The maximum Gasteiger partial charge on any atom is 0.136 e. The van der Waals surface area contributed by atoms with Gasteiger partial charge in [0.15, 0.2) is 0 Å². The second-order valence-corrected chi connectivity index (χ2v) is 7.57. The van der Waals surface area contributed by atoms with E-state index in [9.17, 15) is 4.79 Å². The Labute approximate surface area is 112 Å². The molecule has 0 unspecified atom stereocenters. The van der Waals surface area contributed by atoms with Crippen molar-refractivity contribution in [1.29, 1.82) is 0 Å². The maximum atomic E-state index is 12.5. The molecule has 0 aliphatic heterocycles. The Morgan fingerprint density at radius 2 is 1.44 bits per heavy atom. The average Bonchev–Trinajstić information content (AvgIpc) is 2.27. The highest BCUT2D eigenvalue weighted by Gasteiger charge is 2.51. The first-order valence-electron chi connectivity index (χ1n) is 8.17. The minimum Gasteiger partial charge on any atom is -0.299 e. The van der Waals surface area contributed by atoms with Crippen molar-refractivity contribution >= 4 is 5.78 Å². The minimum atomic E-state index is 0.345. The third-order valence-corrected chi connectivity index (χ3v) is 6.16. The van der Waals surface area contributed by atoms with Gasteiger partial charge in [0, 0.05) is 12.3 Å². The van der Waals surface area contributed by atoms with Crippen LogP contribution in [0.2, 0.25) is 0 Å². The van der Waals surface area contributed by atoms with Gasteiger partial charge < -0.3 is 0 Å². The van der Waals surface area contributed by atoms with Gasteiger partial charge in [-0.1, -0.05) is 13.8 Å². The molecule has 4 aliphatic carbocycles. The summed E-state index contributed by atoms with van der Waals surface area (Å²) in [7, 11) is 0. The molecule has 0 saturated heterocycles. The fourth-order valence-corrected chi connectivity index (χ4v) is 5.76. The first-order chi connectivity index (χ1) is 8.64. The molecule has 0 N–H and O–H groups in total. The van der Waals surface area contributed by atoms with Crippen LogP contribution in [0, 0.1) is 29.1 Å². The van der Waals surface area contributed by atoms with Crippen LogP contribution in [-0.2, 0) is 4.79 Å². The second-order valence-electron chi connectivity index (χ2n) is 7.57. The lowest BCUT2D eigenvalue weighted by molar-refractivity contribution is -0.131. The zero-order valence-corrected chi connectivity index (χ0v) is 12.1. The lowest BCUT2D eigenvalue weighted by Crippen LogP contribution is -2.47. The largest absolute Gasteiger partial charge is 0.299 e. The van der Waals surface area contributed by atoms with Crippen molar-refractivity contribution in [1.82, 2.24) is 0 Å². The average molecular weight is 248 g/mol. The molecule has 0 aromatic rings. The van der Waals surface area contributed by atoms with Crippen LogP contribution < -0.4 is 0 Å². The van der Waals surface area contributed by atoms with E-state index >= 15 is 0 Å². The monoisotopic (exact) mass is 248 g/mol. The molecule has 0 amide bonds. The zero-order valence-electron chi connectivity index (χ0n) is 12.1. The molecule has 4 saturated carbocycles. The molecule has 4 fully saturated rings. The van der Waals surface area contributed by atoms with Crippen LogP contribution >= 0.6 is 0 Å². The van der Waals surface area contributed by atoms with Gasteiger partial charge >= 0.3 is 0 Å². The van der Waals surface area contributed by atoms with Crippen LogP contribution in [0.4, 0.5) is 0 Å². The molecular weight excluding hydrogens is 220 g/mol. The second kappa shape index (κ2) is 4.65. The molecule has 102 valence electrons. The molecule has 0 radical (unpaired) electrons. The van der Waals surface area contributed by atoms with E-state index in [-0.39, 0.29) is 0 Å². The molecule has 4 rings (SSSR count). The predicted molar refractivity (Wildman–Crippen MR) is 74.3 cm³/mol. The summed E-state index contributed by atoms with van der Waals surface area (Å²) in [5.41, 5.74) is 0.453. The topological polar surface area (TPSA) is 17.1 Å². The molecule has 0 spiro atoms. The van der Waals surface area contributed by atoms with Crippen LogP contribution in [0.25, 0.3) is 0 Å². The molecule has 0 atom stereocenters. The molecule has 18 heavy (non-hydrogen) atoms. The molecule has 1 nitrogen and oxygen atoms in total. The van der Waals surface area contributed by atoms with Crippen LogP contribution in [0.3, 0.4) is 0 Å². The van der Waals surface area contributed by atoms with Gasteiger partial charge in [0.2, 0.25) is 0 Å². The van der Waals surface area contributed by atoms with E-state index in [1.165, 1.54) is 38.5 Å². The van der Waals surface area contributed by atoms with Crippen molar-refractivity contribution in [2.24, 2.45) is 29.1 Å². The van der Waals surface area contributed by atoms with E-state index in [0.717, 1.165) is 37.0 Å². The maximum absolute atomic E-state index is 12.5. The Morgan fingerprint density at radius 3 is 1.83 bits per heavy atom. The van der Waals surface area contributed by atoms with Gasteiger partial charge in [0.1, 0.15) is 5.78 Å². The lowest BCUT2D eigenvalue weighted by Gasteiger charge is -2.57. The summed E-state index contributed by atoms with van der Waals surface area (Å²) in [5, 5.41) is 0. The van der Waals surface area contributed by atoms with Gasteiger partial charge in [-0.15, -0.1) is 0 Å². The van der Waals surface area contributed by atoms with Gasteiger partial charge in [-0.05, 0) is 74.5 Å². The van der Waals surface area contributed by atoms with Gasteiger partial charge in [0.05, 0.1) is 0 Å². The molecule has 0 aromatic heterocycles. The summed E-state index contributed by atoms with van der Waals surface area (Å²) in [4.78, 5) is 12.5. The van der Waals surface area contributed by atoms with Crippen molar-refractivity contribution < 1.29 is 4.79 Å². The van der Waals surface area contributed by atoms with Crippen LogP contribution in [-0.4, -0.2) is 5.78 Å². The summed E-state index contributed by atoms with van der Waals surface area (Å²) in [6.07, 6.45) is 11.6. The summed E-state index contributed by atoms with van der Waals surface area (Å²) >= 11 is 0. The third-order valence-electron chi connectivity index (χ3n) is 6.16. The standard InChI is InChI=1S/C17H28O/c1-3-15(4-2)16(18)11-17-8-12-5-13(9-17)7-14(6-12)10-17/h12-15H,3-11H2,1-2H3. The highest BCUT2D eigenvalue weighted by Crippen LogP contribution is 2.61. The van der Waals surface area contributed by atoms with Gasteiger partial charge in [-0.25, -0.2) is 0 Å². The van der Waals surface area contributed by atoms with Crippen molar-refractivity contribution in [3.05, 3.63) is 0 Å². The van der Waals surface area contributed by atoms with Crippen molar-refractivity contribution in [3.63, 3.8) is 0 Å². The Hall–Kier alpha value is -0.330. The predicted octanol–water partition coefficient (Wildman–Crippen LogP) is 4.60. The van der Waals surface area contributed by atoms with E-state index in [4.69, 9.17) is 0 Å². The highest BCUT2D eigenvalue weighted by molar-refractivity contribution is 5.81. The molecule has 0 heterocycles. The minimum absolute atomic E-state index is 0.345. The number of carbonyl (C=O) groups excluding carboxylic acids is 1. The quantitative estimate of drug-likeness (QED) is 0.695. The molecule has 4 aliphatic rings. The van der Waals surface area contributed by atoms with E-state index in [1.54, 1.807) is 0 Å². The van der Waals surface area contributed by atoms with E-state index in [1.807, 2.05) is 0 Å². The molecule has 1 heteroatoms. The molecular formula is C17H28O. The number of Topliss-reactive ketones (excluding diaryl/α,β-unsaturated/α-hetero) is 1. The van der Waals surface area contributed by atoms with Gasteiger partial charge in [-0.3, -0.25) is 4.79 Å².